The molecule has 1 aromatic rings. The van der Waals surface area contributed by atoms with Crippen LogP contribution in [0.3, 0.4) is 0 Å². The summed E-state index contributed by atoms with van der Waals surface area (Å²) in [7, 11) is 1.56. The van der Waals surface area contributed by atoms with Crippen LogP contribution < -0.4 is 4.74 Å². The Bertz CT molecular complexity index is 318. The van der Waals surface area contributed by atoms with Crippen molar-refractivity contribution in [1.82, 2.24) is 0 Å². The van der Waals surface area contributed by atoms with Crippen molar-refractivity contribution in [3.63, 3.8) is 0 Å². The molecule has 0 amide bonds. The predicted molar refractivity (Wildman–Crippen MR) is 59.0 cm³/mol. The second-order valence-electron chi connectivity index (χ2n) is 3.13. The van der Waals surface area contributed by atoms with Gasteiger partial charge < -0.3 is 4.74 Å². The molecule has 1 rings (SSSR count). The highest BCUT2D eigenvalue weighted by Crippen LogP contribution is 2.12. The minimum Gasteiger partial charge on any atom is -0.497 e. The van der Waals surface area contributed by atoms with Gasteiger partial charge in [0.2, 0.25) is 0 Å². The summed E-state index contributed by atoms with van der Waals surface area (Å²) < 4.78 is 4.97. The van der Waals surface area contributed by atoms with E-state index in [1.54, 1.807) is 31.4 Å². The third-order valence-electron chi connectivity index (χ3n) is 1.94. The van der Waals surface area contributed by atoms with Crippen LogP contribution in [0.4, 0.5) is 0 Å². The predicted octanol–water partition coefficient (Wildman–Crippen LogP) is 2.40. The number of rotatable bonds is 6. The summed E-state index contributed by atoms with van der Waals surface area (Å²) in [5.74, 6) is 0.182. The smallest absolute Gasteiger partial charge is 0.373 e. The molecule has 0 aromatic heterocycles. The van der Waals surface area contributed by atoms with Crippen LogP contribution in [0.25, 0.3) is 0 Å². The first-order valence-corrected chi connectivity index (χ1v) is 5.05. The number of unbranched alkanes of at least 4 members (excludes halogenated alkanes) is 1. The van der Waals surface area contributed by atoms with Gasteiger partial charge >= 0.3 is 5.97 Å². The Labute approximate surface area is 95.1 Å². The van der Waals surface area contributed by atoms with E-state index >= 15 is 0 Å². The maximum Gasteiger partial charge on any atom is 0.373 e. The van der Waals surface area contributed by atoms with Crippen LogP contribution in [0.1, 0.15) is 23.2 Å². The molecule has 4 heteroatoms. The molecule has 16 heavy (non-hydrogen) atoms. The zero-order chi connectivity index (χ0) is 11.8. The van der Waals surface area contributed by atoms with Crippen molar-refractivity contribution >= 4 is 5.97 Å². The Hall–Kier alpha value is -1.55. The number of hydrogen-bond acceptors (Lipinski definition) is 4. The zero-order valence-electron chi connectivity index (χ0n) is 9.27. The van der Waals surface area contributed by atoms with Crippen LogP contribution in [-0.2, 0) is 9.78 Å². The second kappa shape index (κ2) is 6.85. The molecule has 0 saturated carbocycles. The summed E-state index contributed by atoms with van der Waals surface area (Å²) in [5.41, 5.74) is 0.426. The third-order valence-corrected chi connectivity index (χ3v) is 1.94. The topological polar surface area (TPSA) is 44.8 Å². The molecule has 0 saturated heterocycles. The lowest BCUT2D eigenvalue weighted by Crippen LogP contribution is -2.06. The van der Waals surface area contributed by atoms with Crippen molar-refractivity contribution in [2.75, 3.05) is 13.7 Å². The van der Waals surface area contributed by atoms with Gasteiger partial charge in [0.05, 0.1) is 19.3 Å². The Morgan fingerprint density at radius 3 is 2.56 bits per heavy atom. The number of hydrogen-bond donors (Lipinski definition) is 0. The molecular weight excluding hydrogens is 208 g/mol. The fourth-order valence-corrected chi connectivity index (χ4v) is 1.03. The molecule has 0 aliphatic heterocycles. The molecule has 0 bridgehead atoms. The second-order valence-corrected chi connectivity index (χ2v) is 3.13. The first kappa shape index (κ1) is 12.5. The summed E-state index contributed by atoms with van der Waals surface area (Å²) in [6, 6.07) is 6.61. The molecule has 0 N–H and O–H groups in total. The number of carbonyl (C=O) groups is 1. The van der Waals surface area contributed by atoms with E-state index in [-0.39, 0.29) is 0 Å². The fourth-order valence-electron chi connectivity index (χ4n) is 1.03. The van der Waals surface area contributed by atoms with Crippen molar-refractivity contribution in [2.45, 2.75) is 12.8 Å². The van der Waals surface area contributed by atoms with Crippen molar-refractivity contribution in [1.29, 1.82) is 0 Å². The summed E-state index contributed by atoms with van der Waals surface area (Å²) in [6.45, 7) is 4.01. The van der Waals surface area contributed by atoms with Gasteiger partial charge in [-0.3, -0.25) is 4.89 Å². The normalized spacial score (nSPS) is 9.88. The molecule has 1 radical (unpaired) electrons. The SMILES string of the molecule is [CH2]CCCOOC(=O)c1ccc(OC)cc1. The Balaban J connectivity index is 2.40. The zero-order valence-corrected chi connectivity index (χ0v) is 9.27. The van der Waals surface area contributed by atoms with Crippen LogP contribution in [-0.4, -0.2) is 19.7 Å². The van der Waals surface area contributed by atoms with Gasteiger partial charge in [-0.2, -0.15) is 4.89 Å². The van der Waals surface area contributed by atoms with Gasteiger partial charge in [0.25, 0.3) is 0 Å². The summed E-state index contributed by atoms with van der Waals surface area (Å²) in [5, 5.41) is 0. The van der Waals surface area contributed by atoms with Gasteiger partial charge in [-0.05, 0) is 30.7 Å². The van der Waals surface area contributed by atoms with E-state index in [1.807, 2.05) is 0 Å². The van der Waals surface area contributed by atoms with Crippen LogP contribution in [0.15, 0.2) is 24.3 Å². The van der Waals surface area contributed by atoms with Crippen molar-refractivity contribution in [3.8, 4) is 5.75 Å². The van der Waals surface area contributed by atoms with Crippen LogP contribution >= 0.6 is 0 Å². The molecule has 0 spiro atoms. The van der Waals surface area contributed by atoms with E-state index in [1.165, 1.54) is 0 Å². The van der Waals surface area contributed by atoms with Gasteiger partial charge in [-0.15, -0.1) is 0 Å². The summed E-state index contributed by atoms with van der Waals surface area (Å²) in [4.78, 5) is 20.7. The summed E-state index contributed by atoms with van der Waals surface area (Å²) in [6.07, 6.45) is 1.51. The van der Waals surface area contributed by atoms with Crippen LogP contribution in [0.5, 0.6) is 5.75 Å². The molecule has 0 heterocycles. The standard InChI is InChI=1S/C12H15O4/c1-3-4-9-15-16-12(13)10-5-7-11(14-2)8-6-10/h5-8H,1,3-4,9H2,2H3. The Morgan fingerprint density at radius 1 is 1.31 bits per heavy atom. The molecule has 0 fully saturated rings. The van der Waals surface area contributed by atoms with Crippen molar-refractivity contribution in [3.05, 3.63) is 36.8 Å². The third kappa shape index (κ3) is 3.90. The quantitative estimate of drug-likeness (QED) is 0.422. The largest absolute Gasteiger partial charge is 0.497 e. The average molecular weight is 223 g/mol. The van der Waals surface area contributed by atoms with E-state index in [0.29, 0.717) is 17.9 Å². The fraction of sp³-hybridized carbons (Fsp3) is 0.333. The molecule has 4 nitrogen and oxygen atoms in total. The highest BCUT2D eigenvalue weighted by atomic mass is 17.2. The van der Waals surface area contributed by atoms with Crippen LogP contribution in [0, 0.1) is 6.92 Å². The average Bonchev–Trinajstić information content (AvgIpc) is 2.34. The monoisotopic (exact) mass is 223 g/mol. The van der Waals surface area contributed by atoms with Crippen molar-refractivity contribution in [2.24, 2.45) is 0 Å². The van der Waals surface area contributed by atoms with Gasteiger partial charge in [-0.25, -0.2) is 4.79 Å². The number of benzene rings is 1. The van der Waals surface area contributed by atoms with E-state index in [0.717, 1.165) is 12.8 Å². The maximum absolute atomic E-state index is 11.4. The number of carbonyl (C=O) groups excluding carboxylic acids is 1. The van der Waals surface area contributed by atoms with Gasteiger partial charge in [0, 0.05) is 0 Å². The van der Waals surface area contributed by atoms with Gasteiger partial charge in [-0.1, -0.05) is 13.3 Å². The maximum atomic E-state index is 11.4. The molecule has 0 atom stereocenters. The lowest BCUT2D eigenvalue weighted by atomic mass is 10.2. The van der Waals surface area contributed by atoms with E-state index < -0.39 is 5.97 Å². The summed E-state index contributed by atoms with van der Waals surface area (Å²) >= 11 is 0. The molecule has 0 aliphatic carbocycles. The lowest BCUT2D eigenvalue weighted by Gasteiger charge is -2.03. The minimum atomic E-state index is -0.508. The van der Waals surface area contributed by atoms with E-state index in [4.69, 9.17) is 9.62 Å². The number of methoxy groups -OCH3 is 1. The highest BCUT2D eigenvalue weighted by molar-refractivity contribution is 5.89. The van der Waals surface area contributed by atoms with Gasteiger partial charge in [0.15, 0.2) is 0 Å². The van der Waals surface area contributed by atoms with Crippen molar-refractivity contribution < 1.29 is 19.3 Å². The lowest BCUT2D eigenvalue weighted by molar-refractivity contribution is -0.241. The minimum absolute atomic E-state index is 0.366. The molecule has 0 unspecified atom stereocenters. The van der Waals surface area contributed by atoms with Crippen LogP contribution in [0.2, 0.25) is 0 Å². The van der Waals surface area contributed by atoms with E-state index in [2.05, 4.69) is 11.8 Å². The molecule has 1 aromatic carbocycles. The van der Waals surface area contributed by atoms with E-state index in [9.17, 15) is 4.79 Å². The first-order valence-electron chi connectivity index (χ1n) is 5.05. The Morgan fingerprint density at radius 2 is 2.00 bits per heavy atom. The molecule has 0 aliphatic rings. The Kier molecular flexibility index (Phi) is 5.36. The number of ether oxygens (including phenoxy) is 1. The molecular formula is C12H15O4. The first-order chi connectivity index (χ1) is 7.77. The highest BCUT2D eigenvalue weighted by Gasteiger charge is 2.07. The molecule has 87 valence electrons. The van der Waals surface area contributed by atoms with Gasteiger partial charge in [0.1, 0.15) is 5.75 Å².